The van der Waals surface area contributed by atoms with E-state index in [0.29, 0.717) is 25.2 Å². The molecule has 1 heterocycles. The zero-order chi connectivity index (χ0) is 34.5. The Morgan fingerprint density at radius 2 is 1.28 bits per heavy atom. The van der Waals surface area contributed by atoms with Crippen molar-refractivity contribution in [1.29, 1.82) is 0 Å². The highest BCUT2D eigenvalue weighted by molar-refractivity contribution is 7.90. The van der Waals surface area contributed by atoms with E-state index in [2.05, 4.69) is 41.9 Å². The largest absolute Gasteiger partial charge is 0.480 e. The molecular formula is C25H41N9O11S. The van der Waals surface area contributed by atoms with Crippen LogP contribution in [0.25, 0.3) is 0 Å². The number of nitrogens with one attached hydrogen (secondary N) is 6. The Balaban J connectivity index is 2.28. The van der Waals surface area contributed by atoms with Gasteiger partial charge in [-0.05, 0) is 49.5 Å². The standard InChI is InChI=1S/C25H41N9O11S/c1-2-26-20(36)12-10-16(24(40)41)29-22(38)13-11-17(25(42)43)28-21(37)8-4-14-27-19(35)9-5-15-46(44,45)32-23(39)7-3-6-18-30-33-34-31-18/h16-17H,2-15H2,1H3,(H,26,36)(H,27,35)(H,28,37)(H,29,38)(H,32,39)(H,40,41)(H,42,43)(H,30,31,33,34)/t16-,17-/m0/s1. The molecule has 1 aromatic rings. The van der Waals surface area contributed by atoms with Gasteiger partial charge in [0.15, 0.2) is 0 Å². The fourth-order valence-electron chi connectivity index (χ4n) is 3.85. The van der Waals surface area contributed by atoms with E-state index in [-0.39, 0.29) is 63.8 Å². The second-order valence-corrected chi connectivity index (χ2v) is 11.9. The van der Waals surface area contributed by atoms with Gasteiger partial charge in [0.25, 0.3) is 0 Å². The smallest absolute Gasteiger partial charge is 0.326 e. The van der Waals surface area contributed by atoms with Crippen LogP contribution in [0.4, 0.5) is 0 Å². The molecule has 5 amide bonds. The van der Waals surface area contributed by atoms with Crippen LogP contribution in [-0.2, 0) is 50.0 Å². The highest BCUT2D eigenvalue weighted by atomic mass is 32.2. The number of hydrogen-bond acceptors (Lipinski definition) is 12. The summed E-state index contributed by atoms with van der Waals surface area (Å²) in [7, 11) is -3.94. The van der Waals surface area contributed by atoms with Crippen LogP contribution in [0.5, 0.6) is 0 Å². The molecule has 21 heteroatoms. The molecule has 0 fully saturated rings. The number of carbonyl (C=O) groups is 7. The van der Waals surface area contributed by atoms with Crippen molar-refractivity contribution >= 4 is 51.5 Å². The quantitative estimate of drug-likeness (QED) is 0.0525. The van der Waals surface area contributed by atoms with E-state index in [9.17, 15) is 52.2 Å². The Kier molecular flexibility index (Phi) is 18.1. The van der Waals surface area contributed by atoms with Gasteiger partial charge < -0.3 is 31.5 Å². The molecule has 46 heavy (non-hydrogen) atoms. The number of H-pyrrole nitrogens is 1. The van der Waals surface area contributed by atoms with Gasteiger partial charge in [-0.25, -0.2) is 23.1 Å². The number of carboxylic acids is 2. The maximum Gasteiger partial charge on any atom is 0.326 e. The number of rotatable bonds is 24. The van der Waals surface area contributed by atoms with Gasteiger partial charge in [-0.1, -0.05) is 0 Å². The van der Waals surface area contributed by atoms with Crippen LogP contribution in [0.3, 0.4) is 0 Å². The van der Waals surface area contributed by atoms with Crippen molar-refractivity contribution in [1.82, 2.24) is 46.6 Å². The van der Waals surface area contributed by atoms with E-state index in [0.717, 1.165) is 0 Å². The molecular weight excluding hydrogens is 634 g/mol. The molecule has 0 saturated carbocycles. The van der Waals surface area contributed by atoms with Gasteiger partial charge in [0, 0.05) is 51.6 Å². The summed E-state index contributed by atoms with van der Waals surface area (Å²) in [6.07, 6.45) is -0.644. The third-order valence-corrected chi connectivity index (χ3v) is 7.52. The number of tetrazole rings is 1. The fourth-order valence-corrected chi connectivity index (χ4v) is 4.92. The predicted molar refractivity (Wildman–Crippen MR) is 157 cm³/mol. The number of aliphatic carboxylic acids is 2. The lowest BCUT2D eigenvalue weighted by atomic mass is 10.1. The average molecular weight is 676 g/mol. The molecule has 0 aliphatic heterocycles. The van der Waals surface area contributed by atoms with Gasteiger partial charge in [0.2, 0.25) is 39.6 Å². The Bertz CT molecular complexity index is 1290. The van der Waals surface area contributed by atoms with Crippen molar-refractivity contribution in [3.05, 3.63) is 5.82 Å². The first-order chi connectivity index (χ1) is 21.7. The normalized spacial score (nSPS) is 12.3. The summed E-state index contributed by atoms with van der Waals surface area (Å²) < 4.78 is 26.1. The molecule has 2 atom stereocenters. The minimum absolute atomic E-state index is 0.0451. The summed E-state index contributed by atoms with van der Waals surface area (Å²) in [5.74, 6) is -5.74. The number of hydrogen-bond donors (Lipinski definition) is 8. The van der Waals surface area contributed by atoms with Gasteiger partial charge in [-0.15, -0.1) is 5.10 Å². The lowest BCUT2D eigenvalue weighted by molar-refractivity contribution is -0.143. The van der Waals surface area contributed by atoms with Crippen molar-refractivity contribution in [2.75, 3.05) is 18.8 Å². The van der Waals surface area contributed by atoms with Gasteiger partial charge in [-0.3, -0.25) is 28.7 Å². The second kappa shape index (κ2) is 21.1. The number of carboxylic acid groups (broad SMARTS) is 2. The van der Waals surface area contributed by atoms with Crippen LogP contribution in [-0.4, -0.2) is 112 Å². The monoisotopic (exact) mass is 675 g/mol. The number of aryl methyl sites for hydroxylation is 1. The lowest BCUT2D eigenvalue weighted by Gasteiger charge is -2.17. The molecule has 0 spiro atoms. The molecule has 0 radical (unpaired) electrons. The first-order valence-corrected chi connectivity index (χ1v) is 16.2. The van der Waals surface area contributed by atoms with Crippen molar-refractivity contribution in [3.8, 4) is 0 Å². The van der Waals surface area contributed by atoms with Crippen LogP contribution >= 0.6 is 0 Å². The number of amides is 5. The van der Waals surface area contributed by atoms with Crippen LogP contribution in [0.2, 0.25) is 0 Å². The van der Waals surface area contributed by atoms with E-state index in [1.165, 1.54) is 0 Å². The number of aromatic nitrogens is 4. The Morgan fingerprint density at radius 3 is 1.85 bits per heavy atom. The third kappa shape index (κ3) is 18.2. The highest BCUT2D eigenvalue weighted by Gasteiger charge is 2.24. The average Bonchev–Trinajstić information content (AvgIpc) is 3.48. The topological polar surface area (TPSA) is 309 Å². The van der Waals surface area contributed by atoms with E-state index in [1.54, 1.807) is 6.92 Å². The van der Waals surface area contributed by atoms with Gasteiger partial charge in [-0.2, -0.15) is 0 Å². The van der Waals surface area contributed by atoms with Crippen LogP contribution in [0.1, 0.15) is 77.0 Å². The van der Waals surface area contributed by atoms with E-state index < -0.39 is 69.8 Å². The maximum atomic E-state index is 12.2. The van der Waals surface area contributed by atoms with E-state index in [4.69, 9.17) is 0 Å². The first kappa shape index (κ1) is 39.3. The summed E-state index contributed by atoms with van der Waals surface area (Å²) in [6, 6.07) is -2.78. The van der Waals surface area contributed by atoms with Gasteiger partial charge >= 0.3 is 11.9 Å². The molecule has 0 saturated heterocycles. The van der Waals surface area contributed by atoms with Crippen molar-refractivity contribution < 1.29 is 52.2 Å². The van der Waals surface area contributed by atoms with E-state index >= 15 is 0 Å². The van der Waals surface area contributed by atoms with Crippen molar-refractivity contribution in [3.63, 3.8) is 0 Å². The summed E-state index contributed by atoms with van der Waals surface area (Å²) >= 11 is 0. The molecule has 0 aliphatic carbocycles. The predicted octanol–water partition coefficient (Wildman–Crippen LogP) is -2.52. The molecule has 0 aromatic carbocycles. The second-order valence-electron chi connectivity index (χ2n) is 10.1. The van der Waals surface area contributed by atoms with Gasteiger partial charge in [0.05, 0.1) is 5.75 Å². The van der Waals surface area contributed by atoms with Crippen LogP contribution < -0.4 is 26.0 Å². The van der Waals surface area contributed by atoms with Crippen LogP contribution in [0.15, 0.2) is 0 Å². The zero-order valence-electron chi connectivity index (χ0n) is 25.4. The highest BCUT2D eigenvalue weighted by Crippen LogP contribution is 2.04. The summed E-state index contributed by atoms with van der Waals surface area (Å²) in [5.41, 5.74) is 0. The molecule has 0 aliphatic rings. The summed E-state index contributed by atoms with van der Waals surface area (Å²) in [5, 5.41) is 41.1. The number of aromatic amines is 1. The Labute approximate surface area is 264 Å². The number of carbonyl (C=O) groups excluding carboxylic acids is 5. The molecule has 258 valence electrons. The minimum Gasteiger partial charge on any atom is -0.480 e. The fraction of sp³-hybridized carbons (Fsp3) is 0.680. The molecule has 1 rings (SSSR count). The molecule has 8 N–H and O–H groups in total. The molecule has 0 unspecified atom stereocenters. The first-order valence-electron chi connectivity index (χ1n) is 14.6. The third-order valence-electron chi connectivity index (χ3n) is 6.16. The number of nitrogens with zero attached hydrogens (tertiary/aromatic N) is 3. The maximum absolute atomic E-state index is 12.2. The SMILES string of the molecule is CCNC(=O)CC[C@H](NC(=O)CC[C@H](NC(=O)CCCNC(=O)CCCS(=O)(=O)NC(=O)CCCc1nnn[nH]1)C(=O)O)C(=O)O. The Hall–Kier alpha value is -4.69. The lowest BCUT2D eigenvalue weighted by Crippen LogP contribution is -2.44. The van der Waals surface area contributed by atoms with Crippen LogP contribution in [0, 0.1) is 0 Å². The Morgan fingerprint density at radius 1 is 0.739 bits per heavy atom. The molecule has 0 bridgehead atoms. The minimum atomic E-state index is -3.94. The van der Waals surface area contributed by atoms with Crippen molar-refractivity contribution in [2.24, 2.45) is 0 Å². The summed E-state index contributed by atoms with van der Waals surface area (Å²) in [4.78, 5) is 82.7. The van der Waals surface area contributed by atoms with E-state index in [1.807, 2.05) is 4.72 Å². The zero-order valence-corrected chi connectivity index (χ0v) is 26.2. The number of sulfonamides is 1. The summed E-state index contributed by atoms with van der Waals surface area (Å²) in [6.45, 7) is 2.11. The molecule has 1 aromatic heterocycles. The molecule has 20 nitrogen and oxygen atoms in total. The van der Waals surface area contributed by atoms with Crippen molar-refractivity contribution in [2.45, 2.75) is 89.6 Å². The van der Waals surface area contributed by atoms with Gasteiger partial charge in [0.1, 0.15) is 17.9 Å².